The van der Waals surface area contributed by atoms with Crippen LogP contribution in [0.15, 0.2) is 34.3 Å². The van der Waals surface area contributed by atoms with E-state index in [9.17, 15) is 0 Å². The molecule has 1 atom stereocenters. The van der Waals surface area contributed by atoms with Crippen LogP contribution in [-0.4, -0.2) is 42.6 Å². The molecule has 1 aromatic carbocycles. The highest BCUT2D eigenvalue weighted by Crippen LogP contribution is 2.22. The Balaban J connectivity index is 1.96. The predicted octanol–water partition coefficient (Wildman–Crippen LogP) is 0.769. The SMILES string of the molecule is CCN1CCCC(Oc2ccc(N=C(N)N=C(N)N)cc2)C1. The van der Waals surface area contributed by atoms with E-state index in [1.807, 2.05) is 24.3 Å². The number of nitrogens with two attached hydrogens (primary N) is 3. The molecule has 22 heavy (non-hydrogen) atoms. The van der Waals surface area contributed by atoms with E-state index >= 15 is 0 Å². The topological polar surface area (TPSA) is 115 Å². The highest BCUT2D eigenvalue weighted by molar-refractivity contribution is 5.93. The first-order chi connectivity index (χ1) is 10.6. The fourth-order valence-corrected chi connectivity index (χ4v) is 2.48. The number of ether oxygens (including phenoxy) is 1. The van der Waals surface area contributed by atoms with Gasteiger partial charge in [0, 0.05) is 6.54 Å². The van der Waals surface area contributed by atoms with Crippen molar-refractivity contribution >= 4 is 17.6 Å². The van der Waals surface area contributed by atoms with E-state index in [0.717, 1.165) is 31.8 Å². The average molecular weight is 304 g/mol. The lowest BCUT2D eigenvalue weighted by Gasteiger charge is -2.32. The number of hydrogen-bond acceptors (Lipinski definition) is 3. The number of likely N-dealkylation sites (N-methyl/N-ethyl adjacent to an activating group) is 1. The van der Waals surface area contributed by atoms with Gasteiger partial charge in [0.15, 0.2) is 5.96 Å². The highest BCUT2D eigenvalue weighted by atomic mass is 16.5. The molecule has 7 nitrogen and oxygen atoms in total. The molecule has 1 fully saturated rings. The normalized spacial score (nSPS) is 19.7. The maximum Gasteiger partial charge on any atom is 0.223 e. The summed E-state index contributed by atoms with van der Waals surface area (Å²) >= 11 is 0. The van der Waals surface area contributed by atoms with Gasteiger partial charge in [-0.15, -0.1) is 0 Å². The molecule has 120 valence electrons. The molecule has 0 radical (unpaired) electrons. The maximum atomic E-state index is 6.02. The first-order valence-electron chi connectivity index (χ1n) is 7.49. The molecule has 0 bridgehead atoms. The zero-order valence-electron chi connectivity index (χ0n) is 12.9. The van der Waals surface area contributed by atoms with Gasteiger partial charge in [-0.3, -0.25) is 4.90 Å². The third-order valence-corrected chi connectivity index (χ3v) is 3.54. The van der Waals surface area contributed by atoms with Crippen molar-refractivity contribution in [3.8, 4) is 5.75 Å². The summed E-state index contributed by atoms with van der Waals surface area (Å²) in [6.07, 6.45) is 2.51. The zero-order valence-corrected chi connectivity index (χ0v) is 12.9. The van der Waals surface area contributed by atoms with Gasteiger partial charge in [0.25, 0.3) is 0 Å². The van der Waals surface area contributed by atoms with E-state index in [-0.39, 0.29) is 18.0 Å². The molecule has 1 aliphatic heterocycles. The molecule has 2 rings (SSSR count). The van der Waals surface area contributed by atoms with Gasteiger partial charge in [0.2, 0.25) is 5.96 Å². The molecule has 0 saturated carbocycles. The van der Waals surface area contributed by atoms with Crippen LogP contribution in [-0.2, 0) is 0 Å². The Hall–Kier alpha value is -2.28. The number of nitrogens with zero attached hydrogens (tertiary/aromatic N) is 3. The van der Waals surface area contributed by atoms with E-state index in [0.29, 0.717) is 5.69 Å². The Morgan fingerprint density at radius 1 is 1.27 bits per heavy atom. The van der Waals surface area contributed by atoms with Crippen LogP contribution in [0.2, 0.25) is 0 Å². The standard InChI is InChI=1S/C15H24N6O/c1-2-21-9-3-4-13(10-21)22-12-7-5-11(6-8-12)19-15(18)20-14(16)17/h5-8,13H,2-4,9-10H2,1H3,(H6,16,17,18,19,20). The first kappa shape index (κ1) is 16.1. The summed E-state index contributed by atoms with van der Waals surface area (Å²) in [5.74, 6) is 0.751. The molecule has 0 aliphatic carbocycles. The number of likely N-dealkylation sites (tertiary alicyclic amines) is 1. The summed E-state index contributed by atoms with van der Waals surface area (Å²) in [6, 6.07) is 7.41. The molecule has 1 saturated heterocycles. The van der Waals surface area contributed by atoms with Crippen LogP contribution in [0.1, 0.15) is 19.8 Å². The molecule has 1 aliphatic rings. The summed E-state index contributed by atoms with van der Waals surface area (Å²) in [7, 11) is 0. The Morgan fingerprint density at radius 3 is 2.64 bits per heavy atom. The van der Waals surface area contributed by atoms with Crippen molar-refractivity contribution in [2.75, 3.05) is 19.6 Å². The third-order valence-electron chi connectivity index (χ3n) is 3.54. The van der Waals surface area contributed by atoms with Gasteiger partial charge >= 0.3 is 0 Å². The molecule has 6 N–H and O–H groups in total. The summed E-state index contributed by atoms with van der Waals surface area (Å²) in [4.78, 5) is 10.2. The molecule has 0 amide bonds. The molecule has 1 aromatic rings. The molecule has 1 unspecified atom stereocenters. The van der Waals surface area contributed by atoms with Gasteiger partial charge in [-0.25, -0.2) is 4.99 Å². The molecular weight excluding hydrogens is 280 g/mol. The van der Waals surface area contributed by atoms with Crippen molar-refractivity contribution in [1.82, 2.24) is 4.90 Å². The number of benzene rings is 1. The van der Waals surface area contributed by atoms with Crippen molar-refractivity contribution in [3.63, 3.8) is 0 Å². The van der Waals surface area contributed by atoms with E-state index in [2.05, 4.69) is 21.8 Å². The van der Waals surface area contributed by atoms with Gasteiger partial charge in [-0.2, -0.15) is 4.99 Å². The molecule has 0 aromatic heterocycles. The molecule has 0 spiro atoms. The van der Waals surface area contributed by atoms with Crippen LogP contribution in [0.4, 0.5) is 5.69 Å². The third kappa shape index (κ3) is 4.92. The van der Waals surface area contributed by atoms with Gasteiger partial charge in [-0.1, -0.05) is 6.92 Å². The minimum absolute atomic E-state index is 0.0273. The fraction of sp³-hybridized carbons (Fsp3) is 0.467. The lowest BCUT2D eigenvalue weighted by Crippen LogP contribution is -2.40. The van der Waals surface area contributed by atoms with Crippen molar-refractivity contribution in [3.05, 3.63) is 24.3 Å². The monoisotopic (exact) mass is 304 g/mol. The molecule has 7 heteroatoms. The van der Waals surface area contributed by atoms with Gasteiger partial charge in [-0.05, 0) is 50.2 Å². The maximum absolute atomic E-state index is 6.02. The number of rotatable bonds is 4. The highest BCUT2D eigenvalue weighted by Gasteiger charge is 2.19. The second kappa shape index (κ2) is 7.65. The van der Waals surface area contributed by atoms with Crippen LogP contribution in [0.3, 0.4) is 0 Å². The Kier molecular flexibility index (Phi) is 5.60. The van der Waals surface area contributed by atoms with Crippen LogP contribution in [0, 0.1) is 0 Å². The minimum Gasteiger partial charge on any atom is -0.489 e. The second-order valence-electron chi connectivity index (χ2n) is 5.28. The lowest BCUT2D eigenvalue weighted by molar-refractivity contribution is 0.0920. The van der Waals surface area contributed by atoms with Crippen LogP contribution < -0.4 is 21.9 Å². The number of hydrogen-bond donors (Lipinski definition) is 3. The van der Waals surface area contributed by atoms with Gasteiger partial charge in [0.05, 0.1) is 5.69 Å². The average Bonchev–Trinajstić information content (AvgIpc) is 2.48. The quantitative estimate of drug-likeness (QED) is 0.561. The Morgan fingerprint density at radius 2 is 2.00 bits per heavy atom. The van der Waals surface area contributed by atoms with Crippen molar-refractivity contribution in [1.29, 1.82) is 0 Å². The van der Waals surface area contributed by atoms with Crippen LogP contribution >= 0.6 is 0 Å². The lowest BCUT2D eigenvalue weighted by atomic mass is 10.1. The van der Waals surface area contributed by atoms with Gasteiger partial charge < -0.3 is 21.9 Å². The van der Waals surface area contributed by atoms with Crippen molar-refractivity contribution in [2.24, 2.45) is 27.2 Å². The minimum atomic E-state index is -0.112. The van der Waals surface area contributed by atoms with E-state index < -0.39 is 0 Å². The van der Waals surface area contributed by atoms with Crippen LogP contribution in [0.25, 0.3) is 0 Å². The second-order valence-corrected chi connectivity index (χ2v) is 5.28. The van der Waals surface area contributed by atoms with Crippen LogP contribution in [0.5, 0.6) is 5.75 Å². The number of aliphatic imine (C=N–C) groups is 2. The Labute approximate surface area is 130 Å². The summed E-state index contributed by atoms with van der Waals surface area (Å²) in [5.41, 5.74) is 16.7. The molecule has 1 heterocycles. The molecular formula is C15H24N6O. The Bertz CT molecular complexity index is 535. The largest absolute Gasteiger partial charge is 0.489 e. The summed E-state index contributed by atoms with van der Waals surface area (Å²) in [5, 5.41) is 0. The number of guanidine groups is 2. The fourth-order valence-electron chi connectivity index (χ4n) is 2.48. The smallest absolute Gasteiger partial charge is 0.223 e. The predicted molar refractivity (Wildman–Crippen MR) is 89.3 cm³/mol. The summed E-state index contributed by atoms with van der Waals surface area (Å²) in [6.45, 7) is 5.38. The number of piperidine rings is 1. The van der Waals surface area contributed by atoms with Crippen molar-refractivity contribution < 1.29 is 4.74 Å². The zero-order chi connectivity index (χ0) is 15.9. The van der Waals surface area contributed by atoms with Crippen molar-refractivity contribution in [2.45, 2.75) is 25.9 Å². The van der Waals surface area contributed by atoms with Gasteiger partial charge in [0.1, 0.15) is 11.9 Å². The van der Waals surface area contributed by atoms with E-state index in [4.69, 9.17) is 21.9 Å². The first-order valence-corrected chi connectivity index (χ1v) is 7.49. The van der Waals surface area contributed by atoms with E-state index in [1.165, 1.54) is 6.42 Å². The van der Waals surface area contributed by atoms with E-state index in [1.54, 1.807) is 0 Å². The summed E-state index contributed by atoms with van der Waals surface area (Å²) < 4.78 is 6.02.